The number of nitrogens with zero attached hydrogens (tertiary/aromatic N) is 2. The Bertz CT molecular complexity index is 389. The number of ether oxygens (including phenoxy) is 1. The average molecular weight is 277 g/mol. The van der Waals surface area contributed by atoms with Gasteiger partial charge in [0.25, 0.3) is 0 Å². The Kier molecular flexibility index (Phi) is 6.09. The molecule has 1 aromatic rings. The molecule has 20 heavy (non-hydrogen) atoms. The molecule has 0 aliphatic heterocycles. The third-order valence-corrected chi connectivity index (χ3v) is 4.21. The molecule has 1 saturated carbocycles. The minimum absolute atomic E-state index is 0.666. The van der Waals surface area contributed by atoms with Crippen LogP contribution in [0.4, 0.5) is 5.82 Å². The molecule has 1 aliphatic rings. The molecule has 1 heterocycles. The van der Waals surface area contributed by atoms with Gasteiger partial charge in [-0.3, -0.25) is 0 Å². The third kappa shape index (κ3) is 4.66. The van der Waals surface area contributed by atoms with Gasteiger partial charge in [-0.05, 0) is 31.1 Å². The molecule has 2 rings (SSSR count). The molecule has 0 saturated heterocycles. The van der Waals surface area contributed by atoms with Crippen LogP contribution < -0.4 is 10.1 Å². The van der Waals surface area contributed by atoms with E-state index in [0.717, 1.165) is 30.6 Å². The van der Waals surface area contributed by atoms with Crippen LogP contribution >= 0.6 is 0 Å². The van der Waals surface area contributed by atoms with Gasteiger partial charge in [-0.15, -0.1) is 0 Å². The molecule has 1 aliphatic carbocycles. The maximum absolute atomic E-state index is 5.53. The van der Waals surface area contributed by atoms with E-state index < -0.39 is 0 Å². The smallest absolute Gasteiger partial charge is 0.218 e. The van der Waals surface area contributed by atoms with Crippen molar-refractivity contribution in [1.29, 1.82) is 0 Å². The zero-order valence-corrected chi connectivity index (χ0v) is 12.8. The lowest BCUT2D eigenvalue weighted by Gasteiger charge is -2.27. The maximum Gasteiger partial charge on any atom is 0.218 e. The molecule has 4 heteroatoms. The molecular formula is C16H27N3O. The molecule has 0 aromatic carbocycles. The highest BCUT2D eigenvalue weighted by Crippen LogP contribution is 2.30. The summed E-state index contributed by atoms with van der Waals surface area (Å²) < 4.78 is 5.53. The molecule has 0 radical (unpaired) electrons. The highest BCUT2D eigenvalue weighted by atomic mass is 16.5. The van der Waals surface area contributed by atoms with E-state index in [2.05, 4.69) is 29.1 Å². The first-order valence-electron chi connectivity index (χ1n) is 8.00. The Hall–Kier alpha value is -1.32. The molecule has 0 spiro atoms. The fourth-order valence-corrected chi connectivity index (χ4v) is 2.81. The average Bonchev–Trinajstić information content (AvgIpc) is 2.52. The number of hydrogen-bond donors (Lipinski definition) is 1. The van der Waals surface area contributed by atoms with Crippen LogP contribution in [-0.4, -0.2) is 23.1 Å². The van der Waals surface area contributed by atoms with Gasteiger partial charge in [0, 0.05) is 12.6 Å². The summed E-state index contributed by atoms with van der Waals surface area (Å²) in [5, 5.41) is 3.43. The predicted molar refractivity (Wildman–Crippen MR) is 82.0 cm³/mol. The standard InChI is InChI=1S/C16H27N3O/c1-3-9-20-16-10-15(18-12-19-16)17-11-14-7-5-13(4-2)6-8-14/h10,12-14H,3-9,11H2,1-2H3,(H,17,18,19). The predicted octanol–water partition coefficient (Wildman–Crippen LogP) is 3.89. The number of nitrogens with one attached hydrogen (secondary N) is 1. The van der Waals surface area contributed by atoms with Crippen molar-refractivity contribution >= 4 is 5.82 Å². The van der Waals surface area contributed by atoms with Crippen LogP contribution in [-0.2, 0) is 0 Å². The Morgan fingerprint density at radius 1 is 1.15 bits per heavy atom. The first-order valence-corrected chi connectivity index (χ1v) is 8.00. The van der Waals surface area contributed by atoms with E-state index in [9.17, 15) is 0 Å². The van der Waals surface area contributed by atoms with Gasteiger partial charge in [0.2, 0.25) is 5.88 Å². The summed E-state index contributed by atoms with van der Waals surface area (Å²) in [5.74, 6) is 3.29. The van der Waals surface area contributed by atoms with Crippen molar-refractivity contribution in [2.45, 2.75) is 52.4 Å². The van der Waals surface area contributed by atoms with E-state index in [-0.39, 0.29) is 0 Å². The molecule has 0 atom stereocenters. The maximum atomic E-state index is 5.53. The van der Waals surface area contributed by atoms with Crippen molar-refractivity contribution in [2.75, 3.05) is 18.5 Å². The fraction of sp³-hybridized carbons (Fsp3) is 0.750. The highest BCUT2D eigenvalue weighted by molar-refractivity contribution is 5.37. The summed E-state index contributed by atoms with van der Waals surface area (Å²) in [4.78, 5) is 8.38. The lowest BCUT2D eigenvalue weighted by molar-refractivity contribution is 0.278. The van der Waals surface area contributed by atoms with E-state index in [1.807, 2.05) is 6.07 Å². The minimum Gasteiger partial charge on any atom is -0.478 e. The van der Waals surface area contributed by atoms with Gasteiger partial charge in [0.05, 0.1) is 6.61 Å². The third-order valence-electron chi connectivity index (χ3n) is 4.21. The topological polar surface area (TPSA) is 47.0 Å². The summed E-state index contributed by atoms with van der Waals surface area (Å²) in [5.41, 5.74) is 0. The van der Waals surface area contributed by atoms with Crippen molar-refractivity contribution in [3.63, 3.8) is 0 Å². The van der Waals surface area contributed by atoms with Crippen molar-refractivity contribution in [1.82, 2.24) is 9.97 Å². The SMILES string of the molecule is CCCOc1cc(NCC2CCC(CC)CC2)ncn1. The highest BCUT2D eigenvalue weighted by Gasteiger charge is 2.19. The molecular weight excluding hydrogens is 250 g/mol. The monoisotopic (exact) mass is 277 g/mol. The summed E-state index contributed by atoms with van der Waals surface area (Å²) in [6.07, 6.45) is 9.36. The van der Waals surface area contributed by atoms with Gasteiger partial charge >= 0.3 is 0 Å². The number of anilines is 1. The summed E-state index contributed by atoms with van der Waals surface area (Å²) in [7, 11) is 0. The van der Waals surface area contributed by atoms with E-state index in [4.69, 9.17) is 4.74 Å². The Morgan fingerprint density at radius 2 is 1.90 bits per heavy atom. The van der Waals surface area contributed by atoms with Gasteiger partial charge in [-0.25, -0.2) is 9.97 Å². The van der Waals surface area contributed by atoms with Crippen LogP contribution in [0.25, 0.3) is 0 Å². The molecule has 1 fully saturated rings. The van der Waals surface area contributed by atoms with Crippen molar-refractivity contribution in [2.24, 2.45) is 11.8 Å². The fourth-order valence-electron chi connectivity index (χ4n) is 2.81. The normalized spacial score (nSPS) is 22.5. The zero-order valence-electron chi connectivity index (χ0n) is 12.8. The molecule has 4 nitrogen and oxygen atoms in total. The van der Waals surface area contributed by atoms with Crippen molar-refractivity contribution < 1.29 is 4.74 Å². The number of hydrogen-bond acceptors (Lipinski definition) is 4. The van der Waals surface area contributed by atoms with Crippen LogP contribution in [0.15, 0.2) is 12.4 Å². The van der Waals surface area contributed by atoms with Crippen LogP contribution in [0.2, 0.25) is 0 Å². The van der Waals surface area contributed by atoms with Gasteiger partial charge in [0.15, 0.2) is 0 Å². The van der Waals surface area contributed by atoms with E-state index in [1.165, 1.54) is 32.1 Å². The summed E-state index contributed by atoms with van der Waals surface area (Å²) in [6, 6.07) is 1.90. The Labute approximate surface area is 122 Å². The number of rotatable bonds is 7. The molecule has 0 bridgehead atoms. The van der Waals surface area contributed by atoms with E-state index in [1.54, 1.807) is 6.33 Å². The molecule has 1 aromatic heterocycles. The van der Waals surface area contributed by atoms with Crippen molar-refractivity contribution in [3.8, 4) is 5.88 Å². The van der Waals surface area contributed by atoms with Gasteiger partial charge in [-0.1, -0.05) is 33.1 Å². The Morgan fingerprint density at radius 3 is 2.60 bits per heavy atom. The van der Waals surface area contributed by atoms with E-state index >= 15 is 0 Å². The molecule has 0 unspecified atom stereocenters. The van der Waals surface area contributed by atoms with Gasteiger partial charge < -0.3 is 10.1 Å². The van der Waals surface area contributed by atoms with Crippen LogP contribution in [0.1, 0.15) is 52.4 Å². The second-order valence-electron chi connectivity index (χ2n) is 5.77. The minimum atomic E-state index is 0.666. The van der Waals surface area contributed by atoms with Crippen LogP contribution in [0, 0.1) is 11.8 Å². The van der Waals surface area contributed by atoms with Crippen LogP contribution in [0.3, 0.4) is 0 Å². The lowest BCUT2D eigenvalue weighted by Crippen LogP contribution is -2.21. The molecule has 112 valence electrons. The quantitative estimate of drug-likeness (QED) is 0.821. The van der Waals surface area contributed by atoms with Gasteiger partial charge in [0.1, 0.15) is 12.1 Å². The Balaban J connectivity index is 1.76. The molecule has 0 amide bonds. The zero-order chi connectivity index (χ0) is 14.2. The molecule has 1 N–H and O–H groups in total. The summed E-state index contributed by atoms with van der Waals surface area (Å²) in [6.45, 7) is 6.12. The number of aromatic nitrogens is 2. The lowest BCUT2D eigenvalue weighted by atomic mass is 9.81. The first-order chi connectivity index (χ1) is 9.81. The van der Waals surface area contributed by atoms with Gasteiger partial charge in [-0.2, -0.15) is 0 Å². The van der Waals surface area contributed by atoms with Crippen molar-refractivity contribution in [3.05, 3.63) is 12.4 Å². The summed E-state index contributed by atoms with van der Waals surface area (Å²) >= 11 is 0. The van der Waals surface area contributed by atoms with Crippen LogP contribution in [0.5, 0.6) is 5.88 Å². The largest absolute Gasteiger partial charge is 0.478 e. The first kappa shape index (κ1) is 15.1. The second-order valence-corrected chi connectivity index (χ2v) is 5.77. The second kappa shape index (κ2) is 8.08. The van der Waals surface area contributed by atoms with E-state index in [0.29, 0.717) is 12.5 Å².